The second-order valence-corrected chi connectivity index (χ2v) is 8.41. The zero-order chi connectivity index (χ0) is 20.5. The molecule has 5 nitrogen and oxygen atoms in total. The number of fused-ring (bicyclic) bond motifs is 1. The van der Waals surface area contributed by atoms with Gasteiger partial charge in [0, 0.05) is 36.5 Å². The minimum Gasteiger partial charge on any atom is -0.496 e. The number of hydrogen-bond donors (Lipinski definition) is 1. The fraction of sp³-hybridized carbons (Fsp3) is 0.435. The Morgan fingerprint density at radius 1 is 1.07 bits per heavy atom. The summed E-state index contributed by atoms with van der Waals surface area (Å²) in [5, 5.41) is 0. The summed E-state index contributed by atoms with van der Waals surface area (Å²) < 4.78 is 11.4. The molecule has 0 aliphatic carbocycles. The highest BCUT2D eigenvalue weighted by Crippen LogP contribution is 2.46. The van der Waals surface area contributed by atoms with Gasteiger partial charge in [-0.05, 0) is 23.0 Å². The van der Waals surface area contributed by atoms with E-state index in [4.69, 9.17) is 15.2 Å². The van der Waals surface area contributed by atoms with Gasteiger partial charge in [0.1, 0.15) is 11.5 Å². The van der Waals surface area contributed by atoms with Crippen LogP contribution in [0.5, 0.6) is 11.5 Å². The monoisotopic (exact) mass is 382 g/mol. The zero-order valence-electron chi connectivity index (χ0n) is 17.4. The maximum Gasteiger partial charge on any atom is 0.225 e. The highest BCUT2D eigenvalue weighted by Gasteiger charge is 2.36. The lowest BCUT2D eigenvalue weighted by atomic mass is 9.75. The van der Waals surface area contributed by atoms with Crippen LogP contribution in [0.3, 0.4) is 0 Å². The Kier molecular flexibility index (Phi) is 5.54. The highest BCUT2D eigenvalue weighted by molar-refractivity contribution is 5.85. The number of ether oxygens (including phenoxy) is 2. The molecule has 3 rings (SSSR count). The second-order valence-electron chi connectivity index (χ2n) is 8.41. The van der Waals surface area contributed by atoms with Gasteiger partial charge < -0.3 is 20.1 Å². The van der Waals surface area contributed by atoms with Crippen molar-refractivity contribution >= 4 is 11.6 Å². The first-order valence-electron chi connectivity index (χ1n) is 9.63. The van der Waals surface area contributed by atoms with Crippen molar-refractivity contribution in [3.05, 3.63) is 53.1 Å². The van der Waals surface area contributed by atoms with Crippen LogP contribution in [0, 0.1) is 5.41 Å². The largest absolute Gasteiger partial charge is 0.496 e. The van der Waals surface area contributed by atoms with E-state index in [1.165, 1.54) is 11.1 Å². The molecule has 1 aliphatic heterocycles. The molecule has 2 aromatic carbocycles. The second kappa shape index (κ2) is 7.74. The number of hydrogen-bond acceptors (Lipinski definition) is 4. The molecule has 150 valence electrons. The van der Waals surface area contributed by atoms with Gasteiger partial charge in [-0.3, -0.25) is 4.79 Å². The van der Waals surface area contributed by atoms with Crippen LogP contribution in [0.4, 0.5) is 5.69 Å². The molecule has 28 heavy (non-hydrogen) atoms. The van der Waals surface area contributed by atoms with Crippen molar-refractivity contribution < 1.29 is 14.3 Å². The Balaban J connectivity index is 2.06. The summed E-state index contributed by atoms with van der Waals surface area (Å²) in [6, 6.07) is 12.5. The van der Waals surface area contributed by atoms with Crippen molar-refractivity contribution in [2.24, 2.45) is 11.1 Å². The number of methoxy groups -OCH3 is 2. The normalized spacial score (nSPS) is 15.0. The molecular formula is C23H30N2O3. The number of benzene rings is 2. The molecule has 2 aromatic rings. The zero-order valence-corrected chi connectivity index (χ0v) is 17.4. The number of nitrogens with zero attached hydrogens (tertiary/aromatic N) is 1. The quantitative estimate of drug-likeness (QED) is 0.852. The third kappa shape index (κ3) is 3.79. The topological polar surface area (TPSA) is 64.8 Å². The Hall–Kier alpha value is -2.69. The van der Waals surface area contributed by atoms with Gasteiger partial charge in [-0.1, -0.05) is 45.0 Å². The Labute approximate surface area is 167 Å². The molecule has 0 aromatic heterocycles. The molecule has 0 radical (unpaired) electrons. The molecule has 1 aliphatic rings. The Bertz CT molecular complexity index is 845. The SMILES string of the molecule is COc1cc(N2CCc3ccccc3C2)cc(OC)c1C(C(N)=O)C(C)(C)C. The van der Waals surface area contributed by atoms with Gasteiger partial charge in [0.25, 0.3) is 0 Å². The number of amides is 1. The first-order chi connectivity index (χ1) is 13.3. The molecule has 0 spiro atoms. The maximum atomic E-state index is 12.3. The minimum absolute atomic E-state index is 0.363. The predicted molar refractivity (Wildman–Crippen MR) is 112 cm³/mol. The maximum absolute atomic E-state index is 12.3. The number of carbonyl (C=O) groups excluding carboxylic acids is 1. The van der Waals surface area contributed by atoms with Crippen LogP contribution in [0.2, 0.25) is 0 Å². The lowest BCUT2D eigenvalue weighted by molar-refractivity contribution is -0.121. The molecule has 5 heteroatoms. The van der Waals surface area contributed by atoms with Gasteiger partial charge in [-0.2, -0.15) is 0 Å². The van der Waals surface area contributed by atoms with Crippen LogP contribution >= 0.6 is 0 Å². The lowest BCUT2D eigenvalue weighted by Gasteiger charge is -2.34. The van der Waals surface area contributed by atoms with Crippen molar-refractivity contribution in [1.29, 1.82) is 0 Å². The predicted octanol–water partition coefficient (Wildman–Crippen LogP) is 3.88. The summed E-state index contributed by atoms with van der Waals surface area (Å²) >= 11 is 0. The molecule has 1 atom stereocenters. The van der Waals surface area contributed by atoms with E-state index in [1.54, 1.807) is 14.2 Å². The van der Waals surface area contributed by atoms with Gasteiger partial charge in [0.15, 0.2) is 0 Å². The molecule has 1 heterocycles. The van der Waals surface area contributed by atoms with E-state index in [-0.39, 0.29) is 11.3 Å². The van der Waals surface area contributed by atoms with E-state index >= 15 is 0 Å². The lowest BCUT2D eigenvalue weighted by Crippen LogP contribution is -2.33. The number of rotatable bonds is 5. The van der Waals surface area contributed by atoms with Crippen LogP contribution in [0.1, 0.15) is 43.4 Å². The van der Waals surface area contributed by atoms with E-state index in [1.807, 2.05) is 32.9 Å². The van der Waals surface area contributed by atoms with Gasteiger partial charge in [-0.15, -0.1) is 0 Å². The van der Waals surface area contributed by atoms with Crippen molar-refractivity contribution in [1.82, 2.24) is 0 Å². The Morgan fingerprint density at radius 2 is 1.64 bits per heavy atom. The third-order valence-corrected chi connectivity index (χ3v) is 5.46. The van der Waals surface area contributed by atoms with E-state index in [2.05, 4.69) is 29.2 Å². The average Bonchev–Trinajstić information content (AvgIpc) is 2.66. The summed E-state index contributed by atoms with van der Waals surface area (Å²) in [5.41, 5.74) is 9.88. The summed E-state index contributed by atoms with van der Waals surface area (Å²) in [6.45, 7) is 7.74. The first-order valence-corrected chi connectivity index (χ1v) is 9.63. The smallest absolute Gasteiger partial charge is 0.225 e. The van der Waals surface area contributed by atoms with Crippen LogP contribution < -0.4 is 20.1 Å². The van der Waals surface area contributed by atoms with Gasteiger partial charge in [-0.25, -0.2) is 0 Å². The van der Waals surface area contributed by atoms with E-state index in [9.17, 15) is 4.79 Å². The van der Waals surface area contributed by atoms with Gasteiger partial charge >= 0.3 is 0 Å². The molecule has 0 fully saturated rings. The molecule has 0 bridgehead atoms. The van der Waals surface area contributed by atoms with Crippen molar-refractivity contribution in [2.75, 3.05) is 25.7 Å². The number of carbonyl (C=O) groups is 1. The van der Waals surface area contributed by atoms with E-state index in [0.29, 0.717) is 17.1 Å². The molecule has 2 N–H and O–H groups in total. The van der Waals surface area contributed by atoms with Crippen molar-refractivity contribution in [3.63, 3.8) is 0 Å². The summed E-state index contributed by atoms with van der Waals surface area (Å²) in [4.78, 5) is 14.6. The van der Waals surface area contributed by atoms with Crippen molar-refractivity contribution in [3.8, 4) is 11.5 Å². The summed E-state index contributed by atoms with van der Waals surface area (Å²) in [5.74, 6) is 0.358. The van der Waals surface area contributed by atoms with Crippen LogP contribution in [-0.2, 0) is 17.8 Å². The van der Waals surface area contributed by atoms with Crippen LogP contribution in [-0.4, -0.2) is 26.7 Å². The molecule has 1 unspecified atom stereocenters. The first kappa shape index (κ1) is 20.1. The number of nitrogens with two attached hydrogens (primary N) is 1. The minimum atomic E-state index is -0.520. The van der Waals surface area contributed by atoms with E-state index in [0.717, 1.165) is 25.2 Å². The summed E-state index contributed by atoms with van der Waals surface area (Å²) in [7, 11) is 3.24. The molecular weight excluding hydrogens is 352 g/mol. The van der Waals surface area contributed by atoms with Crippen LogP contribution in [0.25, 0.3) is 0 Å². The third-order valence-electron chi connectivity index (χ3n) is 5.46. The fourth-order valence-corrected chi connectivity index (χ4v) is 4.11. The molecule has 0 saturated carbocycles. The fourth-order valence-electron chi connectivity index (χ4n) is 4.11. The van der Waals surface area contributed by atoms with Gasteiger partial charge in [0.2, 0.25) is 5.91 Å². The standard InChI is InChI=1S/C23H30N2O3/c1-23(2,3)21(22(24)26)20-18(27-4)12-17(13-19(20)28-5)25-11-10-15-8-6-7-9-16(15)14-25/h6-9,12-13,21H,10-11,14H2,1-5H3,(H2,24,26). The van der Waals surface area contributed by atoms with Crippen molar-refractivity contribution in [2.45, 2.75) is 39.7 Å². The Morgan fingerprint density at radius 3 is 2.14 bits per heavy atom. The van der Waals surface area contributed by atoms with Crippen LogP contribution in [0.15, 0.2) is 36.4 Å². The van der Waals surface area contributed by atoms with Gasteiger partial charge in [0.05, 0.1) is 20.1 Å². The highest BCUT2D eigenvalue weighted by atomic mass is 16.5. The average molecular weight is 383 g/mol. The number of anilines is 1. The van der Waals surface area contributed by atoms with E-state index < -0.39 is 5.92 Å². The summed E-state index contributed by atoms with van der Waals surface area (Å²) in [6.07, 6.45) is 0.995. The molecule has 1 amide bonds. The number of primary amides is 1. The molecule has 0 saturated heterocycles.